The molecule has 30 aromatic rings. The minimum absolute atomic E-state index is 0.977. The van der Waals surface area contributed by atoms with Gasteiger partial charge in [0.15, 0.2) is 0 Å². The molecule has 0 bridgehead atoms. The molecule has 30 rings (SSSR count). The Kier molecular flexibility index (Phi) is 19.5. The van der Waals surface area contributed by atoms with Crippen LogP contribution in [0, 0.1) is 0 Å². The van der Waals surface area contributed by atoms with Crippen LogP contribution in [0.3, 0.4) is 0 Å². The van der Waals surface area contributed by atoms with Crippen LogP contribution in [0.15, 0.2) is 510 Å². The molecule has 0 aliphatic carbocycles. The molecule has 0 fully saturated rings. The van der Waals surface area contributed by atoms with Gasteiger partial charge in [0.2, 0.25) is 0 Å². The van der Waals surface area contributed by atoms with Gasteiger partial charge >= 0.3 is 0 Å². The van der Waals surface area contributed by atoms with Crippen molar-refractivity contribution in [3.8, 4) is 112 Å². The first-order chi connectivity index (χ1) is 70.8. The molecule has 0 N–H and O–H groups in total. The maximum atomic E-state index is 5.15. The van der Waals surface area contributed by atoms with Gasteiger partial charge in [0.05, 0.1) is 66.6 Å². The van der Waals surface area contributed by atoms with Crippen LogP contribution in [0.1, 0.15) is 0 Å². The molecule has 0 unspecified atom stereocenters. The molecule has 0 atom stereocenters. The number of nitrogens with zero attached hydrogens (tertiary/aromatic N) is 8. The van der Waals surface area contributed by atoms with Crippen LogP contribution in [-0.4, -0.2) is 38.1 Å². The standard InChI is InChI=1S/C48H29N3.C45H28N2.C42H27N3/c1-2-9-35-27-36(20-15-30(35)7-1)38-21-24-40-41(28-38)42-29-37(23-26-45(42)51-46-12-6-5-11-44(46)50-48(40)51)31-13-17-33(18-14-31)43-25-22-34-19-16-32-8-3-4-10-39(32)47(34)49-43;1-3-9-33-25-35(19-17-29(33)7-1)31-13-15-32(16-14-31)37-22-24-43-41(28-37)40-27-38(36-20-18-30-8-2-4-10-34(30)26-36)21-23-39(40)45-46-42-11-5-6-12-44(42)47(43)45;1-2-8-28(9-3-1)29-13-15-30(16-14-29)33-21-23-35-36(26-33)37-27-34(31-17-19-32(20-18-31)38-10-6-7-25-43-38)22-24-40(37)45-41-12-5-4-11-39(41)44-42(35)45/h1-29H;1-28H;1-27H. The number of imidazole rings is 3. The van der Waals surface area contributed by atoms with Crippen molar-refractivity contribution in [1.82, 2.24) is 38.1 Å². The van der Waals surface area contributed by atoms with E-state index in [1.165, 1.54) is 164 Å². The molecule has 8 nitrogen and oxygen atoms in total. The van der Waals surface area contributed by atoms with E-state index in [-0.39, 0.29) is 0 Å². The van der Waals surface area contributed by atoms with E-state index in [2.05, 4.69) is 503 Å². The fourth-order valence-corrected chi connectivity index (χ4v) is 21.8. The lowest BCUT2D eigenvalue weighted by molar-refractivity contribution is 1.31. The van der Waals surface area contributed by atoms with Crippen LogP contribution in [0.5, 0.6) is 0 Å². The molecule has 8 aromatic heterocycles. The van der Waals surface area contributed by atoms with E-state index >= 15 is 0 Å². The summed E-state index contributed by atoms with van der Waals surface area (Å²) in [6.45, 7) is 0. The number of hydrogen-bond acceptors (Lipinski definition) is 5. The molecular weight excluding hydrogens is 1730 g/mol. The Morgan fingerprint density at radius 1 is 0.133 bits per heavy atom. The van der Waals surface area contributed by atoms with E-state index < -0.39 is 0 Å². The van der Waals surface area contributed by atoms with Gasteiger partial charge in [-0.3, -0.25) is 18.2 Å². The minimum Gasteiger partial charge on any atom is -0.292 e. The van der Waals surface area contributed by atoms with Crippen molar-refractivity contribution in [2.75, 3.05) is 0 Å². The van der Waals surface area contributed by atoms with E-state index in [0.717, 1.165) is 116 Å². The zero-order chi connectivity index (χ0) is 94.1. The highest BCUT2D eigenvalue weighted by atomic mass is 15.0. The summed E-state index contributed by atoms with van der Waals surface area (Å²) in [5.74, 6) is 0. The van der Waals surface area contributed by atoms with Gasteiger partial charge in [-0.25, -0.2) is 19.9 Å². The highest BCUT2D eigenvalue weighted by Gasteiger charge is 2.23. The summed E-state index contributed by atoms with van der Waals surface area (Å²) in [6.07, 6.45) is 1.84. The minimum atomic E-state index is 0.977. The van der Waals surface area contributed by atoms with Crippen molar-refractivity contribution in [2.24, 2.45) is 0 Å². The SMILES string of the molecule is c1ccc(-c2ccc(-c3ccc4c(c3)c3cc(-c5ccc(-c6ccccn6)cc5)ccc3n3c5ccccc5nc43)cc2)cc1.c1ccc2cc(-c3ccc(-c4ccc5c(c4)c4cc(-c6ccc7ccccc7c6)ccc4c4nc6ccccc6n54)cc3)ccc2c1.c1ccc2cc(-c3ccc4c(c3)c3cc(-c5ccc(-c6ccc7ccc8ccccc8c7n6)cc5)ccc3n3c5ccccc5nc43)ccc2c1. The predicted molar refractivity (Wildman–Crippen MR) is 601 cm³/mol. The van der Waals surface area contributed by atoms with Crippen molar-refractivity contribution in [3.63, 3.8) is 0 Å². The van der Waals surface area contributed by atoms with Crippen molar-refractivity contribution in [2.45, 2.75) is 0 Å². The number of aromatic nitrogens is 8. The lowest BCUT2D eigenvalue weighted by Gasteiger charge is -2.13. The van der Waals surface area contributed by atoms with Crippen molar-refractivity contribution in [1.29, 1.82) is 0 Å². The van der Waals surface area contributed by atoms with Crippen molar-refractivity contribution < 1.29 is 0 Å². The van der Waals surface area contributed by atoms with Gasteiger partial charge in [0.1, 0.15) is 16.9 Å². The maximum Gasteiger partial charge on any atom is 0.146 e. The summed E-state index contributed by atoms with van der Waals surface area (Å²) < 4.78 is 6.97. The Balaban J connectivity index is 0.000000105. The Hall–Kier alpha value is -19.2. The molecule has 0 aliphatic rings. The van der Waals surface area contributed by atoms with E-state index in [1.807, 2.05) is 24.4 Å². The molecule has 0 spiro atoms. The molecule has 22 aromatic carbocycles. The van der Waals surface area contributed by atoms with Crippen LogP contribution in [-0.2, 0) is 0 Å². The van der Waals surface area contributed by atoms with E-state index in [1.54, 1.807) is 0 Å². The number of pyridine rings is 5. The Morgan fingerprint density at radius 2 is 0.406 bits per heavy atom. The Labute approximate surface area is 822 Å². The zero-order valence-electron chi connectivity index (χ0n) is 77.6. The number of rotatable bonds is 10. The fraction of sp³-hybridized carbons (Fsp3) is 0. The normalized spacial score (nSPS) is 11.8. The third kappa shape index (κ3) is 14.4. The lowest BCUT2D eigenvalue weighted by atomic mass is 9.95. The van der Waals surface area contributed by atoms with Crippen molar-refractivity contribution in [3.05, 3.63) is 510 Å². The first-order valence-electron chi connectivity index (χ1n) is 48.8. The fourth-order valence-electron chi connectivity index (χ4n) is 21.8. The van der Waals surface area contributed by atoms with Crippen LogP contribution < -0.4 is 0 Å². The first kappa shape index (κ1) is 82.1. The van der Waals surface area contributed by atoms with Gasteiger partial charge in [-0.05, 0) is 288 Å². The molecule has 0 saturated heterocycles. The van der Waals surface area contributed by atoms with Gasteiger partial charge < -0.3 is 0 Å². The summed E-state index contributed by atoms with van der Waals surface area (Å²) >= 11 is 0. The molecule has 664 valence electrons. The third-order valence-corrected chi connectivity index (χ3v) is 29.1. The maximum absolute atomic E-state index is 5.15. The second-order valence-corrected chi connectivity index (χ2v) is 37.4. The van der Waals surface area contributed by atoms with Gasteiger partial charge in [-0.1, -0.05) is 358 Å². The topological polar surface area (TPSA) is 77.7 Å². The molecule has 0 radical (unpaired) electrons. The average molecular weight is 1820 g/mol. The molecule has 8 heterocycles. The van der Waals surface area contributed by atoms with E-state index in [0.29, 0.717) is 0 Å². The Bertz CT molecular complexity index is 10400. The molecule has 0 aliphatic heterocycles. The monoisotopic (exact) mass is 1820 g/mol. The predicted octanol–water partition coefficient (Wildman–Crippen LogP) is 35.6. The van der Waals surface area contributed by atoms with Crippen LogP contribution in [0.25, 0.3) is 281 Å². The van der Waals surface area contributed by atoms with E-state index in [4.69, 9.17) is 19.9 Å². The summed E-state index contributed by atoms with van der Waals surface area (Å²) in [7, 11) is 0. The summed E-state index contributed by atoms with van der Waals surface area (Å²) in [5, 5.41) is 21.7. The largest absolute Gasteiger partial charge is 0.292 e. The van der Waals surface area contributed by atoms with Gasteiger partial charge in [-0.2, -0.15) is 0 Å². The lowest BCUT2D eigenvalue weighted by Crippen LogP contribution is -1.93. The first-order valence-corrected chi connectivity index (χ1v) is 48.8. The quantitative estimate of drug-likeness (QED) is 0.128. The smallest absolute Gasteiger partial charge is 0.146 e. The number of para-hydroxylation sites is 6. The molecule has 8 heteroatoms. The van der Waals surface area contributed by atoms with Crippen molar-refractivity contribution >= 4 is 169 Å². The number of fused-ring (bicyclic) bond motifs is 30. The van der Waals surface area contributed by atoms with Gasteiger partial charge in [-0.15, -0.1) is 0 Å². The molecule has 0 amide bonds. The second-order valence-electron chi connectivity index (χ2n) is 37.4. The number of benzene rings is 22. The highest BCUT2D eigenvalue weighted by Crippen LogP contribution is 2.45. The van der Waals surface area contributed by atoms with Gasteiger partial charge in [0, 0.05) is 60.4 Å². The van der Waals surface area contributed by atoms with Gasteiger partial charge in [0.25, 0.3) is 0 Å². The van der Waals surface area contributed by atoms with E-state index in [9.17, 15) is 0 Å². The zero-order valence-corrected chi connectivity index (χ0v) is 77.6. The summed E-state index contributed by atoms with van der Waals surface area (Å²) in [6, 6.07) is 181. The third-order valence-electron chi connectivity index (χ3n) is 29.1. The summed E-state index contributed by atoms with van der Waals surface area (Å²) in [5.41, 5.74) is 37.2. The summed E-state index contributed by atoms with van der Waals surface area (Å²) in [4.78, 5) is 25.1. The average Bonchev–Trinajstić information content (AvgIpc) is 1.60. The molecule has 143 heavy (non-hydrogen) atoms. The highest BCUT2D eigenvalue weighted by molar-refractivity contribution is 6.20. The second kappa shape index (κ2) is 33.9. The number of hydrogen-bond donors (Lipinski definition) is 0. The molecule has 0 saturated carbocycles. The Morgan fingerprint density at radius 3 is 0.811 bits per heavy atom. The van der Waals surface area contributed by atoms with Crippen LogP contribution in [0.4, 0.5) is 0 Å². The van der Waals surface area contributed by atoms with Crippen LogP contribution in [0.2, 0.25) is 0 Å². The van der Waals surface area contributed by atoms with Crippen LogP contribution >= 0.6 is 0 Å². The molecular formula is C135H84N8.